The van der Waals surface area contributed by atoms with Gasteiger partial charge in [-0.05, 0) is 31.2 Å². The Hall–Kier alpha value is -2.31. The van der Waals surface area contributed by atoms with Crippen LogP contribution in [0.2, 0.25) is 0 Å². The molecule has 6 nitrogen and oxygen atoms in total. The van der Waals surface area contributed by atoms with E-state index < -0.39 is 17.4 Å². The van der Waals surface area contributed by atoms with E-state index in [0.29, 0.717) is 17.0 Å². The molecule has 3 rings (SSSR count). The predicted octanol–water partition coefficient (Wildman–Crippen LogP) is 1.53. The zero-order valence-corrected chi connectivity index (χ0v) is 13.3. The molecule has 0 radical (unpaired) electrons. The van der Waals surface area contributed by atoms with E-state index in [1.54, 1.807) is 50.4 Å². The number of aliphatic hydroxyl groups is 1. The van der Waals surface area contributed by atoms with Crippen LogP contribution in [0.3, 0.4) is 0 Å². The first-order valence-corrected chi connectivity index (χ1v) is 7.33. The summed E-state index contributed by atoms with van der Waals surface area (Å²) in [7, 11) is 1.46. The fourth-order valence-corrected chi connectivity index (χ4v) is 3.06. The Morgan fingerprint density at radius 2 is 2.04 bits per heavy atom. The normalized spacial score (nSPS) is 29.7. The summed E-state index contributed by atoms with van der Waals surface area (Å²) < 4.78 is 12.8. The van der Waals surface area contributed by atoms with E-state index in [1.165, 1.54) is 17.7 Å². The number of nitrogens with zero attached hydrogens (tertiary/aromatic N) is 1. The molecule has 0 aliphatic carbocycles. The molecule has 2 heterocycles. The minimum absolute atomic E-state index is 0.230. The molecule has 1 aliphatic rings. The van der Waals surface area contributed by atoms with E-state index in [2.05, 4.69) is 0 Å². The first-order valence-electron chi connectivity index (χ1n) is 7.33. The summed E-state index contributed by atoms with van der Waals surface area (Å²) in [4.78, 5) is 12.3. The summed E-state index contributed by atoms with van der Waals surface area (Å²) in [5, 5.41) is 11.2. The molecule has 0 spiro atoms. The number of nitrogen functional groups attached to an aromatic ring is 1. The van der Waals surface area contributed by atoms with Crippen molar-refractivity contribution in [2.75, 3.05) is 12.8 Å². The summed E-state index contributed by atoms with van der Waals surface area (Å²) in [6, 6.07) is 9.28. The summed E-state index contributed by atoms with van der Waals surface area (Å²) >= 11 is 0. The topological polar surface area (TPSA) is 86.7 Å². The van der Waals surface area contributed by atoms with Crippen molar-refractivity contribution in [3.63, 3.8) is 0 Å². The number of methoxy groups -OCH3 is 1. The molecule has 3 unspecified atom stereocenters. The second-order valence-corrected chi connectivity index (χ2v) is 6.05. The van der Waals surface area contributed by atoms with Gasteiger partial charge in [0.25, 0.3) is 5.56 Å². The number of ether oxygens (including phenoxy) is 2. The number of anilines is 1. The monoisotopic (exact) mass is 316 g/mol. The zero-order valence-electron chi connectivity index (χ0n) is 13.3. The Bertz CT molecular complexity index is 799. The Morgan fingerprint density at radius 3 is 2.70 bits per heavy atom. The molecule has 2 aromatic rings. The first kappa shape index (κ1) is 15.6. The summed E-state index contributed by atoms with van der Waals surface area (Å²) in [5.41, 5.74) is 5.32. The molecule has 3 N–H and O–H groups in total. The minimum Gasteiger partial charge on any atom is -0.459 e. The van der Waals surface area contributed by atoms with Crippen LogP contribution in [0.1, 0.15) is 25.5 Å². The highest BCUT2D eigenvalue weighted by atomic mass is 16.7. The van der Waals surface area contributed by atoms with Crippen LogP contribution < -0.4 is 16.0 Å². The summed E-state index contributed by atoms with van der Waals surface area (Å²) in [6.07, 6.45) is 1.63. The molecule has 23 heavy (non-hydrogen) atoms. The second kappa shape index (κ2) is 5.11. The van der Waals surface area contributed by atoms with Crippen LogP contribution in [0.4, 0.5) is 5.69 Å². The van der Waals surface area contributed by atoms with Gasteiger partial charge in [0.05, 0.1) is 0 Å². The van der Waals surface area contributed by atoms with E-state index in [9.17, 15) is 9.90 Å². The van der Waals surface area contributed by atoms with Crippen LogP contribution in [0, 0.1) is 0 Å². The first-order chi connectivity index (χ1) is 10.8. The van der Waals surface area contributed by atoms with Crippen molar-refractivity contribution < 1.29 is 14.6 Å². The Kier molecular flexibility index (Phi) is 3.46. The maximum absolute atomic E-state index is 12.3. The number of aromatic nitrogens is 1. The molecule has 1 aliphatic heterocycles. The maximum Gasteiger partial charge on any atom is 0.251 e. The summed E-state index contributed by atoms with van der Waals surface area (Å²) in [6.45, 7) is 3.24. The van der Waals surface area contributed by atoms with E-state index in [1.807, 2.05) is 0 Å². The maximum atomic E-state index is 12.3. The quantitative estimate of drug-likeness (QED) is 0.821. The minimum atomic E-state index is -1.51. The van der Waals surface area contributed by atoms with E-state index >= 15 is 0 Å². The fraction of sp³-hybridized carbons (Fsp3) is 0.353. The van der Waals surface area contributed by atoms with Gasteiger partial charge in [0.1, 0.15) is 11.8 Å². The lowest BCUT2D eigenvalue weighted by molar-refractivity contribution is -0.275. The highest BCUT2D eigenvalue weighted by Crippen LogP contribution is 2.48. The van der Waals surface area contributed by atoms with Crippen LogP contribution in [0.15, 0.2) is 47.4 Å². The van der Waals surface area contributed by atoms with Crippen molar-refractivity contribution >= 4 is 5.69 Å². The zero-order chi connectivity index (χ0) is 16.8. The number of benzene rings is 1. The fourth-order valence-electron chi connectivity index (χ4n) is 3.06. The molecule has 0 saturated carbocycles. The van der Waals surface area contributed by atoms with Crippen molar-refractivity contribution in [3.8, 4) is 5.75 Å². The van der Waals surface area contributed by atoms with Gasteiger partial charge < -0.3 is 24.9 Å². The third kappa shape index (κ3) is 2.22. The molecule has 6 heteroatoms. The molecule has 0 bridgehead atoms. The van der Waals surface area contributed by atoms with Crippen LogP contribution in [-0.4, -0.2) is 28.2 Å². The van der Waals surface area contributed by atoms with Crippen LogP contribution in [0.25, 0.3) is 0 Å². The Balaban J connectivity index is 2.32. The molecule has 1 aromatic carbocycles. The van der Waals surface area contributed by atoms with E-state index in [0.717, 1.165) is 0 Å². The number of nitrogens with two attached hydrogens (primary N) is 1. The standard InChI is InChI=1S/C17H20N2O4/c1-16(21)15(19-9-5-4-6-14(19)20)12-10-11(18)7-8-13(12)23-17(16,2)22-3/h4-10,15,21H,18H2,1-3H3. The lowest BCUT2D eigenvalue weighted by Gasteiger charge is -2.50. The third-order valence-electron chi connectivity index (χ3n) is 4.60. The van der Waals surface area contributed by atoms with Gasteiger partial charge in [-0.2, -0.15) is 0 Å². The van der Waals surface area contributed by atoms with Crippen LogP contribution in [-0.2, 0) is 4.74 Å². The molecular formula is C17H20N2O4. The van der Waals surface area contributed by atoms with Crippen molar-refractivity contribution in [2.45, 2.75) is 31.3 Å². The summed E-state index contributed by atoms with van der Waals surface area (Å²) in [5.74, 6) is -0.799. The van der Waals surface area contributed by atoms with Crippen molar-refractivity contribution in [2.24, 2.45) is 0 Å². The van der Waals surface area contributed by atoms with Crippen molar-refractivity contribution in [1.29, 1.82) is 0 Å². The Morgan fingerprint density at radius 1 is 1.30 bits per heavy atom. The highest BCUT2D eigenvalue weighted by Gasteiger charge is 2.57. The van der Waals surface area contributed by atoms with Gasteiger partial charge in [-0.15, -0.1) is 0 Å². The van der Waals surface area contributed by atoms with Gasteiger partial charge in [0.2, 0.25) is 5.79 Å². The number of rotatable bonds is 2. The van der Waals surface area contributed by atoms with Crippen LogP contribution >= 0.6 is 0 Å². The number of hydrogen-bond donors (Lipinski definition) is 2. The van der Waals surface area contributed by atoms with Gasteiger partial charge in [-0.1, -0.05) is 6.07 Å². The molecule has 122 valence electrons. The Labute approximate surface area is 134 Å². The molecule has 1 aromatic heterocycles. The molecule has 0 fully saturated rings. The average molecular weight is 316 g/mol. The van der Waals surface area contributed by atoms with Gasteiger partial charge >= 0.3 is 0 Å². The van der Waals surface area contributed by atoms with Gasteiger partial charge in [0.15, 0.2) is 5.60 Å². The third-order valence-corrected chi connectivity index (χ3v) is 4.60. The number of hydrogen-bond acceptors (Lipinski definition) is 5. The van der Waals surface area contributed by atoms with E-state index in [-0.39, 0.29) is 5.56 Å². The van der Waals surface area contributed by atoms with Gasteiger partial charge in [-0.3, -0.25) is 4.79 Å². The molecule has 0 saturated heterocycles. The number of pyridine rings is 1. The van der Waals surface area contributed by atoms with Crippen molar-refractivity contribution in [3.05, 3.63) is 58.5 Å². The van der Waals surface area contributed by atoms with Gasteiger partial charge in [0, 0.05) is 37.5 Å². The predicted molar refractivity (Wildman–Crippen MR) is 86.4 cm³/mol. The highest BCUT2D eigenvalue weighted by molar-refractivity contribution is 5.52. The lowest BCUT2D eigenvalue weighted by atomic mass is 9.80. The van der Waals surface area contributed by atoms with Crippen LogP contribution in [0.5, 0.6) is 5.75 Å². The molecule has 3 atom stereocenters. The number of fused-ring (bicyclic) bond motifs is 1. The smallest absolute Gasteiger partial charge is 0.251 e. The van der Waals surface area contributed by atoms with E-state index in [4.69, 9.17) is 15.2 Å². The second-order valence-electron chi connectivity index (χ2n) is 6.05. The van der Waals surface area contributed by atoms with Crippen molar-refractivity contribution in [1.82, 2.24) is 4.57 Å². The largest absolute Gasteiger partial charge is 0.459 e. The lowest BCUT2D eigenvalue weighted by Crippen LogP contribution is -2.63. The molecular weight excluding hydrogens is 296 g/mol. The molecule has 0 amide bonds. The van der Waals surface area contributed by atoms with Gasteiger partial charge in [-0.25, -0.2) is 0 Å². The SMILES string of the molecule is COC1(C)Oc2ccc(N)cc2C(n2ccccc2=O)C1(C)O. The average Bonchev–Trinajstić information content (AvgIpc) is 2.50.